The van der Waals surface area contributed by atoms with Crippen LogP contribution in [-0.4, -0.2) is 15.0 Å². The Kier molecular flexibility index (Phi) is 6.29. The van der Waals surface area contributed by atoms with Crippen LogP contribution in [-0.2, 0) is 0 Å². The zero-order valence-electron chi connectivity index (χ0n) is 35.6. The van der Waals surface area contributed by atoms with E-state index in [1.54, 1.807) is 0 Å². The number of para-hydroxylation sites is 1. The average molecular weight is 740 g/mol. The first-order valence-corrected chi connectivity index (χ1v) is 19.0. The molecule has 4 nitrogen and oxygen atoms in total. The second kappa shape index (κ2) is 13.3. The van der Waals surface area contributed by atoms with Gasteiger partial charge >= 0.3 is 0 Å². The molecular formula is C51H31N3OS. The predicted molar refractivity (Wildman–Crippen MR) is 233 cm³/mol. The van der Waals surface area contributed by atoms with Crippen molar-refractivity contribution in [1.29, 1.82) is 0 Å². The minimum absolute atomic E-state index is 0.0472. The summed E-state index contributed by atoms with van der Waals surface area (Å²) < 4.78 is 62.3. The van der Waals surface area contributed by atoms with Crippen molar-refractivity contribution in [3.63, 3.8) is 0 Å². The molecule has 8 aromatic carbocycles. The molecule has 0 spiro atoms. The maximum atomic E-state index is 9.71. The van der Waals surface area contributed by atoms with Gasteiger partial charge in [-0.15, -0.1) is 11.3 Å². The minimum Gasteiger partial charge on any atom is -0.456 e. The summed E-state index contributed by atoms with van der Waals surface area (Å²) in [5.74, 6) is 0.697. The number of benzene rings is 8. The molecule has 0 N–H and O–H groups in total. The zero-order valence-corrected chi connectivity index (χ0v) is 30.4. The molecule has 0 unspecified atom stereocenters. The number of rotatable bonds is 6. The summed E-state index contributed by atoms with van der Waals surface area (Å²) in [7, 11) is 0. The van der Waals surface area contributed by atoms with Crippen LogP contribution in [0.25, 0.3) is 110 Å². The number of aromatic nitrogens is 3. The molecule has 5 heteroatoms. The maximum absolute atomic E-state index is 9.71. The molecule has 3 aromatic heterocycles. The van der Waals surface area contributed by atoms with Crippen molar-refractivity contribution in [3.05, 3.63) is 188 Å². The number of fused-ring (bicyclic) bond motifs is 6. The lowest BCUT2D eigenvalue weighted by atomic mass is 9.97. The minimum atomic E-state index is -0.264. The van der Waals surface area contributed by atoms with Gasteiger partial charge in [0.15, 0.2) is 17.5 Å². The van der Waals surface area contributed by atoms with Crippen LogP contribution in [0.2, 0.25) is 0 Å². The van der Waals surface area contributed by atoms with Gasteiger partial charge in [-0.25, -0.2) is 15.0 Å². The van der Waals surface area contributed by atoms with Crippen LogP contribution in [0.1, 0.15) is 8.22 Å². The quantitative estimate of drug-likeness (QED) is 0.170. The van der Waals surface area contributed by atoms with Gasteiger partial charge in [0, 0.05) is 47.6 Å². The number of thiophene rings is 1. The Bertz CT molecular complexity index is 3590. The highest BCUT2D eigenvalue weighted by Gasteiger charge is 2.18. The first-order valence-electron chi connectivity index (χ1n) is 21.2. The van der Waals surface area contributed by atoms with Crippen molar-refractivity contribution < 1.29 is 12.6 Å². The summed E-state index contributed by atoms with van der Waals surface area (Å²) in [6.07, 6.45) is 0. The summed E-state index contributed by atoms with van der Waals surface area (Å²) in [5.41, 5.74) is 7.83. The second-order valence-corrected chi connectivity index (χ2v) is 14.5. The highest BCUT2D eigenvalue weighted by molar-refractivity contribution is 7.26. The van der Waals surface area contributed by atoms with E-state index in [2.05, 4.69) is 12.1 Å². The Labute approximate surface area is 335 Å². The fourth-order valence-corrected chi connectivity index (χ4v) is 8.40. The van der Waals surface area contributed by atoms with Gasteiger partial charge in [0.25, 0.3) is 0 Å². The van der Waals surface area contributed by atoms with Gasteiger partial charge in [-0.3, -0.25) is 0 Å². The third kappa shape index (κ3) is 5.56. The smallest absolute Gasteiger partial charge is 0.164 e. The SMILES string of the molecule is [2H]c1c([2H])c(-c2ccccc2)c2c(sc3c([2H])c(-c4nc(-c5ccc(-c6ccccc6)cc5)nc(-c5ccccc5-c5ccc6c(c5)oc5ccccc56)n4)c([2H])c([2H])c32)c1[2H]. The van der Waals surface area contributed by atoms with E-state index in [1.165, 1.54) is 0 Å². The van der Waals surface area contributed by atoms with E-state index in [4.69, 9.17) is 23.5 Å². The van der Waals surface area contributed by atoms with Crippen LogP contribution in [0.15, 0.2) is 192 Å². The fourth-order valence-electron chi connectivity index (χ4n) is 7.38. The molecule has 0 saturated carbocycles. The highest BCUT2D eigenvalue weighted by atomic mass is 32.1. The number of hydrogen-bond acceptors (Lipinski definition) is 5. The molecule has 0 aliphatic carbocycles. The van der Waals surface area contributed by atoms with Gasteiger partial charge in [0.05, 0.1) is 8.22 Å². The Balaban J connectivity index is 1.15. The van der Waals surface area contributed by atoms with Crippen LogP contribution >= 0.6 is 11.3 Å². The molecule has 262 valence electrons. The highest BCUT2D eigenvalue weighted by Crippen LogP contribution is 2.42. The standard InChI is InChI=1S/C51H31N3OS/c1-3-12-32(13-4-1)33-22-24-35(25-23-33)49-52-50(37-27-29-43-47(31-37)56-46-21-11-19-39(48(43)46)34-14-5-2-6-15-34)54-51(53-49)42-18-8-7-16-38(42)36-26-28-41-40-17-9-10-20-44(40)55-45(41)30-36/h1-31H/i11D,19D,21D,27D,29D,31D. The van der Waals surface area contributed by atoms with Gasteiger partial charge in [0.1, 0.15) is 11.2 Å². The normalized spacial score (nSPS) is 13.1. The average Bonchev–Trinajstić information content (AvgIpc) is 3.90. The molecule has 0 saturated heterocycles. The molecule has 11 rings (SSSR count). The van der Waals surface area contributed by atoms with Crippen molar-refractivity contribution in [2.45, 2.75) is 0 Å². The van der Waals surface area contributed by atoms with Crippen molar-refractivity contribution in [3.8, 4) is 67.5 Å². The molecule has 0 aliphatic rings. The molecule has 11 aromatic rings. The molecule has 0 bridgehead atoms. The molecular weight excluding hydrogens is 703 g/mol. The summed E-state index contributed by atoms with van der Waals surface area (Å²) in [4.78, 5) is 15.0. The first-order chi connectivity index (χ1) is 30.2. The Morgan fingerprint density at radius 3 is 1.86 bits per heavy atom. The summed E-state index contributed by atoms with van der Waals surface area (Å²) in [5, 5.41) is 2.75. The van der Waals surface area contributed by atoms with E-state index in [0.29, 0.717) is 54.1 Å². The van der Waals surface area contributed by atoms with Crippen LogP contribution in [0, 0.1) is 0 Å². The van der Waals surface area contributed by atoms with Gasteiger partial charge in [-0.1, -0.05) is 158 Å². The second-order valence-electron chi connectivity index (χ2n) is 13.5. The van der Waals surface area contributed by atoms with E-state index < -0.39 is 0 Å². The summed E-state index contributed by atoms with van der Waals surface area (Å²) in [6.45, 7) is 0. The summed E-state index contributed by atoms with van der Waals surface area (Å²) in [6, 6.07) is 47.9. The third-order valence-electron chi connectivity index (χ3n) is 10.1. The monoisotopic (exact) mass is 739 g/mol. The van der Waals surface area contributed by atoms with E-state index >= 15 is 0 Å². The Morgan fingerprint density at radius 2 is 1.04 bits per heavy atom. The van der Waals surface area contributed by atoms with E-state index in [-0.39, 0.29) is 47.6 Å². The zero-order chi connectivity index (χ0) is 42.2. The number of furan rings is 1. The molecule has 0 aliphatic heterocycles. The largest absolute Gasteiger partial charge is 0.456 e. The van der Waals surface area contributed by atoms with Crippen molar-refractivity contribution >= 4 is 53.4 Å². The predicted octanol–water partition coefficient (Wildman–Crippen LogP) is 14.1. The molecule has 0 fully saturated rings. The van der Waals surface area contributed by atoms with Gasteiger partial charge in [0.2, 0.25) is 0 Å². The van der Waals surface area contributed by atoms with Gasteiger partial charge < -0.3 is 4.42 Å². The first kappa shape index (κ1) is 26.5. The van der Waals surface area contributed by atoms with Gasteiger partial charge in [-0.05, 0) is 63.7 Å². The van der Waals surface area contributed by atoms with E-state index in [1.807, 2.05) is 140 Å². The third-order valence-corrected chi connectivity index (χ3v) is 11.1. The lowest BCUT2D eigenvalue weighted by molar-refractivity contribution is 0.669. The van der Waals surface area contributed by atoms with Crippen LogP contribution in [0.3, 0.4) is 0 Å². The molecule has 0 amide bonds. The van der Waals surface area contributed by atoms with Crippen LogP contribution < -0.4 is 0 Å². The van der Waals surface area contributed by atoms with Crippen molar-refractivity contribution in [2.75, 3.05) is 0 Å². The molecule has 3 heterocycles. The molecule has 0 atom stereocenters. The molecule has 0 radical (unpaired) electrons. The van der Waals surface area contributed by atoms with E-state index in [9.17, 15) is 4.11 Å². The lowest BCUT2D eigenvalue weighted by Crippen LogP contribution is -2.01. The van der Waals surface area contributed by atoms with Crippen LogP contribution in [0.4, 0.5) is 0 Å². The summed E-state index contributed by atoms with van der Waals surface area (Å²) >= 11 is 1.12. The number of hydrogen-bond donors (Lipinski definition) is 0. The maximum Gasteiger partial charge on any atom is 0.164 e. The number of nitrogens with zero attached hydrogens (tertiary/aromatic N) is 3. The Hall–Kier alpha value is -7.21. The van der Waals surface area contributed by atoms with E-state index in [0.717, 1.165) is 55.5 Å². The fraction of sp³-hybridized carbons (Fsp3) is 0. The van der Waals surface area contributed by atoms with Crippen molar-refractivity contribution in [2.24, 2.45) is 0 Å². The van der Waals surface area contributed by atoms with Gasteiger partial charge in [-0.2, -0.15) is 0 Å². The van der Waals surface area contributed by atoms with Crippen LogP contribution in [0.5, 0.6) is 0 Å². The Morgan fingerprint density at radius 1 is 0.411 bits per heavy atom. The molecule has 56 heavy (non-hydrogen) atoms. The van der Waals surface area contributed by atoms with Crippen molar-refractivity contribution in [1.82, 2.24) is 15.0 Å². The topological polar surface area (TPSA) is 51.8 Å². The lowest BCUT2D eigenvalue weighted by Gasteiger charge is -2.12.